The second-order valence-electron chi connectivity index (χ2n) is 4.67. The number of benzene rings is 1. The van der Waals surface area contributed by atoms with E-state index < -0.39 is 0 Å². The van der Waals surface area contributed by atoms with Crippen molar-refractivity contribution in [2.75, 3.05) is 13.2 Å². The molecule has 2 rings (SSSR count). The van der Waals surface area contributed by atoms with Crippen molar-refractivity contribution in [1.29, 1.82) is 0 Å². The minimum absolute atomic E-state index is 0.0927. The molecule has 0 saturated carbocycles. The van der Waals surface area contributed by atoms with Crippen molar-refractivity contribution in [1.82, 2.24) is 10.3 Å². The number of halogens is 2. The van der Waals surface area contributed by atoms with Gasteiger partial charge in [0.25, 0.3) is 0 Å². The van der Waals surface area contributed by atoms with Gasteiger partial charge in [-0.1, -0.05) is 35.3 Å². The molecule has 1 aromatic carbocycles. The van der Waals surface area contributed by atoms with Gasteiger partial charge in [0.1, 0.15) is 0 Å². The van der Waals surface area contributed by atoms with Crippen LogP contribution in [0.1, 0.15) is 11.3 Å². The predicted octanol–water partition coefficient (Wildman–Crippen LogP) is 3.26. The van der Waals surface area contributed by atoms with Crippen LogP contribution in [0.2, 0.25) is 10.0 Å². The molecule has 0 aliphatic heterocycles. The molecular formula is C16H16Cl2N2O2. The van der Waals surface area contributed by atoms with Gasteiger partial charge >= 0.3 is 0 Å². The Morgan fingerprint density at radius 2 is 1.82 bits per heavy atom. The Labute approximate surface area is 139 Å². The lowest BCUT2D eigenvalue weighted by atomic mass is 10.2. The number of pyridine rings is 1. The second-order valence-corrected chi connectivity index (χ2v) is 5.55. The highest BCUT2D eigenvalue weighted by Gasteiger charge is 2.04. The molecule has 0 unspecified atom stereocenters. The lowest BCUT2D eigenvalue weighted by molar-refractivity contribution is -0.120. The van der Waals surface area contributed by atoms with E-state index in [1.165, 1.54) is 6.20 Å². The van der Waals surface area contributed by atoms with Crippen LogP contribution in [-0.2, 0) is 22.6 Å². The van der Waals surface area contributed by atoms with Crippen molar-refractivity contribution in [2.45, 2.75) is 13.0 Å². The molecule has 1 aromatic heterocycles. The molecule has 1 heterocycles. The molecule has 1 amide bonds. The molecule has 0 spiro atoms. The number of carbonyl (C=O) groups excluding carboxylic acids is 1. The zero-order valence-electron chi connectivity index (χ0n) is 11.9. The van der Waals surface area contributed by atoms with Crippen LogP contribution in [0.5, 0.6) is 0 Å². The lowest BCUT2D eigenvalue weighted by Crippen LogP contribution is -2.28. The van der Waals surface area contributed by atoms with E-state index in [0.717, 1.165) is 5.56 Å². The number of amides is 1. The van der Waals surface area contributed by atoms with Crippen LogP contribution < -0.4 is 5.32 Å². The van der Waals surface area contributed by atoms with Crippen molar-refractivity contribution in [3.8, 4) is 0 Å². The van der Waals surface area contributed by atoms with Gasteiger partial charge in [-0.05, 0) is 29.8 Å². The van der Waals surface area contributed by atoms with Gasteiger partial charge in [0.2, 0.25) is 5.91 Å². The average Bonchev–Trinajstić information content (AvgIpc) is 2.51. The Morgan fingerprint density at radius 1 is 1.09 bits per heavy atom. The number of aromatic nitrogens is 1. The molecule has 0 aliphatic rings. The summed E-state index contributed by atoms with van der Waals surface area (Å²) in [6, 6.07) is 10.9. The molecule has 2 aromatic rings. The van der Waals surface area contributed by atoms with Crippen molar-refractivity contribution >= 4 is 29.1 Å². The van der Waals surface area contributed by atoms with Crippen molar-refractivity contribution in [3.05, 3.63) is 63.9 Å². The van der Waals surface area contributed by atoms with Crippen LogP contribution in [0.15, 0.2) is 42.6 Å². The second kappa shape index (κ2) is 8.73. The minimum Gasteiger partial charge on any atom is -0.375 e. The molecule has 0 bridgehead atoms. The van der Waals surface area contributed by atoms with Gasteiger partial charge in [0, 0.05) is 23.5 Å². The van der Waals surface area contributed by atoms with Crippen molar-refractivity contribution in [3.63, 3.8) is 0 Å². The molecule has 0 atom stereocenters. The Morgan fingerprint density at radius 3 is 2.50 bits per heavy atom. The summed E-state index contributed by atoms with van der Waals surface area (Å²) in [7, 11) is 0. The average molecular weight is 339 g/mol. The Balaban J connectivity index is 1.61. The summed E-state index contributed by atoms with van der Waals surface area (Å²) >= 11 is 11.5. The molecule has 0 fully saturated rings. The maximum absolute atomic E-state index is 11.7. The summed E-state index contributed by atoms with van der Waals surface area (Å²) < 4.78 is 5.49. The summed E-state index contributed by atoms with van der Waals surface area (Å²) in [6.45, 7) is 1.40. The normalized spacial score (nSPS) is 10.5. The molecular weight excluding hydrogens is 323 g/mol. The van der Waals surface area contributed by atoms with Crippen LogP contribution in [-0.4, -0.2) is 24.0 Å². The summed E-state index contributed by atoms with van der Waals surface area (Å²) in [5, 5.41) is 4.04. The summed E-state index contributed by atoms with van der Waals surface area (Å²) in [6.07, 6.45) is 1.76. The van der Waals surface area contributed by atoms with Crippen molar-refractivity contribution in [2.24, 2.45) is 0 Å². The first-order chi connectivity index (χ1) is 10.6. The standard InChI is InChI=1S/C16H16Cl2N2O2/c17-13-3-1-12(2-4-13)11-22-8-7-19-16(21)9-15-6-5-14(18)10-20-15/h1-6,10H,7-9,11H2,(H,19,21). The van der Waals surface area contributed by atoms with Crippen LogP contribution in [0, 0.1) is 0 Å². The van der Waals surface area contributed by atoms with E-state index in [-0.39, 0.29) is 12.3 Å². The molecule has 0 aliphatic carbocycles. The third-order valence-electron chi connectivity index (χ3n) is 2.88. The highest BCUT2D eigenvalue weighted by atomic mass is 35.5. The number of hydrogen-bond acceptors (Lipinski definition) is 3. The van der Waals surface area contributed by atoms with Crippen LogP contribution in [0.25, 0.3) is 0 Å². The molecule has 0 saturated heterocycles. The molecule has 0 radical (unpaired) electrons. The summed E-state index contributed by atoms with van der Waals surface area (Å²) in [5.74, 6) is -0.0927. The van der Waals surface area contributed by atoms with E-state index in [1.54, 1.807) is 12.1 Å². The summed E-state index contributed by atoms with van der Waals surface area (Å²) in [4.78, 5) is 15.8. The lowest BCUT2D eigenvalue weighted by Gasteiger charge is -2.07. The molecule has 22 heavy (non-hydrogen) atoms. The molecule has 6 heteroatoms. The number of hydrogen-bond donors (Lipinski definition) is 1. The zero-order valence-corrected chi connectivity index (χ0v) is 13.4. The van der Waals surface area contributed by atoms with E-state index in [9.17, 15) is 4.79 Å². The van der Waals surface area contributed by atoms with Gasteiger partial charge in [-0.3, -0.25) is 9.78 Å². The van der Waals surface area contributed by atoms with Gasteiger partial charge in [-0.2, -0.15) is 0 Å². The fraction of sp³-hybridized carbons (Fsp3) is 0.250. The van der Waals surface area contributed by atoms with Gasteiger partial charge in [0.15, 0.2) is 0 Å². The third kappa shape index (κ3) is 6.02. The monoisotopic (exact) mass is 338 g/mol. The summed E-state index contributed by atoms with van der Waals surface area (Å²) in [5.41, 5.74) is 1.73. The first-order valence-corrected chi connectivity index (χ1v) is 7.58. The van der Waals surface area contributed by atoms with Crippen LogP contribution in [0.4, 0.5) is 0 Å². The largest absolute Gasteiger partial charge is 0.375 e. The number of ether oxygens (including phenoxy) is 1. The predicted molar refractivity (Wildman–Crippen MR) is 87.1 cm³/mol. The highest BCUT2D eigenvalue weighted by molar-refractivity contribution is 6.30. The Bertz CT molecular complexity index is 601. The van der Waals surface area contributed by atoms with Crippen molar-refractivity contribution < 1.29 is 9.53 Å². The van der Waals surface area contributed by atoms with Gasteiger partial charge in [-0.25, -0.2) is 0 Å². The number of rotatable bonds is 7. The van der Waals surface area contributed by atoms with Crippen LogP contribution >= 0.6 is 23.2 Å². The van der Waals surface area contributed by atoms with E-state index in [4.69, 9.17) is 27.9 Å². The molecule has 116 valence electrons. The SMILES string of the molecule is O=C(Cc1ccc(Cl)cn1)NCCOCc1ccc(Cl)cc1. The number of carbonyl (C=O) groups is 1. The first kappa shape index (κ1) is 16.7. The zero-order chi connectivity index (χ0) is 15.8. The maximum atomic E-state index is 11.7. The van der Waals surface area contributed by atoms with E-state index >= 15 is 0 Å². The van der Waals surface area contributed by atoms with Crippen LogP contribution in [0.3, 0.4) is 0 Å². The van der Waals surface area contributed by atoms with E-state index in [1.807, 2.05) is 24.3 Å². The van der Waals surface area contributed by atoms with E-state index in [2.05, 4.69) is 10.3 Å². The minimum atomic E-state index is -0.0927. The fourth-order valence-electron chi connectivity index (χ4n) is 1.77. The van der Waals surface area contributed by atoms with Gasteiger partial charge in [0.05, 0.1) is 24.7 Å². The molecule has 1 N–H and O–H groups in total. The third-order valence-corrected chi connectivity index (χ3v) is 3.36. The first-order valence-electron chi connectivity index (χ1n) is 6.83. The topological polar surface area (TPSA) is 51.2 Å². The Kier molecular flexibility index (Phi) is 6.65. The maximum Gasteiger partial charge on any atom is 0.226 e. The molecule has 4 nitrogen and oxygen atoms in total. The quantitative estimate of drug-likeness (QED) is 0.788. The number of nitrogens with zero attached hydrogens (tertiary/aromatic N) is 1. The van der Waals surface area contributed by atoms with Gasteiger partial charge < -0.3 is 10.1 Å². The fourth-order valence-corrected chi connectivity index (χ4v) is 2.01. The van der Waals surface area contributed by atoms with Gasteiger partial charge in [-0.15, -0.1) is 0 Å². The van der Waals surface area contributed by atoms with E-state index in [0.29, 0.717) is 35.5 Å². The smallest absolute Gasteiger partial charge is 0.226 e. The highest BCUT2D eigenvalue weighted by Crippen LogP contribution is 2.10. The number of nitrogens with one attached hydrogen (secondary N) is 1. The Hall–Kier alpha value is -1.62.